The van der Waals surface area contributed by atoms with Crippen LogP contribution in [-0.2, 0) is 19.1 Å². The van der Waals surface area contributed by atoms with Crippen molar-refractivity contribution < 1.29 is 19.1 Å². The standard InChI is InChI=1S/C8H16O2.C6H12O2/c1-4-5-8(9)10-6-7(2)3;1-3-5-6(7)8-4-2/h7H,4-6H2,1-3H3;3-5H2,1-2H3. The van der Waals surface area contributed by atoms with Gasteiger partial charge >= 0.3 is 11.9 Å². The van der Waals surface area contributed by atoms with Crippen LogP contribution in [0.2, 0.25) is 0 Å². The highest BCUT2D eigenvalue weighted by atomic mass is 16.5. The van der Waals surface area contributed by atoms with E-state index in [0.717, 1.165) is 12.8 Å². The van der Waals surface area contributed by atoms with E-state index in [-0.39, 0.29) is 11.9 Å². The number of carbonyl (C=O) groups is 2. The third kappa shape index (κ3) is 17.3. The van der Waals surface area contributed by atoms with E-state index in [0.29, 0.717) is 32.0 Å². The van der Waals surface area contributed by atoms with Crippen molar-refractivity contribution in [2.45, 2.75) is 60.3 Å². The highest BCUT2D eigenvalue weighted by molar-refractivity contribution is 5.69. The lowest BCUT2D eigenvalue weighted by atomic mass is 10.2. The van der Waals surface area contributed by atoms with Gasteiger partial charge in [-0.25, -0.2) is 0 Å². The minimum Gasteiger partial charge on any atom is -0.466 e. The highest BCUT2D eigenvalue weighted by Gasteiger charge is 2.01. The summed E-state index contributed by atoms with van der Waals surface area (Å²) in [5, 5.41) is 0. The van der Waals surface area contributed by atoms with E-state index in [4.69, 9.17) is 4.74 Å². The summed E-state index contributed by atoms with van der Waals surface area (Å²) in [5.74, 6) is 0.284. The van der Waals surface area contributed by atoms with E-state index in [2.05, 4.69) is 4.74 Å². The molecule has 0 saturated carbocycles. The van der Waals surface area contributed by atoms with E-state index < -0.39 is 0 Å². The van der Waals surface area contributed by atoms with Crippen LogP contribution in [0.5, 0.6) is 0 Å². The van der Waals surface area contributed by atoms with Crippen LogP contribution in [0.1, 0.15) is 60.3 Å². The SMILES string of the molecule is CCCC(=O)OCC.CCCC(=O)OCC(C)C. The summed E-state index contributed by atoms with van der Waals surface area (Å²) < 4.78 is 9.55. The first-order chi connectivity index (χ1) is 8.47. The molecule has 0 atom stereocenters. The topological polar surface area (TPSA) is 52.6 Å². The van der Waals surface area contributed by atoms with E-state index in [1.165, 1.54) is 0 Å². The Labute approximate surface area is 111 Å². The van der Waals surface area contributed by atoms with Crippen molar-refractivity contribution >= 4 is 11.9 Å². The number of carbonyl (C=O) groups excluding carboxylic acids is 2. The number of rotatable bonds is 7. The van der Waals surface area contributed by atoms with Gasteiger partial charge in [-0.1, -0.05) is 27.7 Å². The second-order valence-corrected chi connectivity index (χ2v) is 4.38. The molecular weight excluding hydrogens is 232 g/mol. The Morgan fingerprint density at radius 1 is 0.889 bits per heavy atom. The molecule has 0 aromatic rings. The Bertz CT molecular complexity index is 204. The summed E-state index contributed by atoms with van der Waals surface area (Å²) in [6, 6.07) is 0. The first kappa shape index (κ1) is 19.3. The second-order valence-electron chi connectivity index (χ2n) is 4.38. The van der Waals surface area contributed by atoms with Crippen LogP contribution in [0.25, 0.3) is 0 Å². The van der Waals surface area contributed by atoms with Crippen LogP contribution >= 0.6 is 0 Å². The lowest BCUT2D eigenvalue weighted by Gasteiger charge is -2.05. The van der Waals surface area contributed by atoms with Crippen LogP contribution in [0.15, 0.2) is 0 Å². The van der Waals surface area contributed by atoms with Crippen molar-refractivity contribution in [3.8, 4) is 0 Å². The molecule has 0 N–H and O–H groups in total. The summed E-state index contributed by atoms with van der Waals surface area (Å²) >= 11 is 0. The maximum Gasteiger partial charge on any atom is 0.305 e. The van der Waals surface area contributed by atoms with Crippen molar-refractivity contribution in [3.05, 3.63) is 0 Å². The second kappa shape index (κ2) is 14.0. The van der Waals surface area contributed by atoms with Crippen LogP contribution < -0.4 is 0 Å². The number of hydrogen-bond acceptors (Lipinski definition) is 4. The zero-order chi connectivity index (χ0) is 14.4. The molecule has 0 bridgehead atoms. The van der Waals surface area contributed by atoms with Crippen LogP contribution in [0.4, 0.5) is 0 Å². The van der Waals surface area contributed by atoms with Crippen molar-refractivity contribution in [2.24, 2.45) is 5.92 Å². The lowest BCUT2D eigenvalue weighted by molar-refractivity contribution is -0.145. The van der Waals surface area contributed by atoms with Gasteiger partial charge in [-0.05, 0) is 25.7 Å². The van der Waals surface area contributed by atoms with Gasteiger partial charge in [-0.15, -0.1) is 0 Å². The molecular formula is C14H28O4. The summed E-state index contributed by atoms with van der Waals surface area (Å²) in [5.41, 5.74) is 0. The third-order valence-electron chi connectivity index (χ3n) is 1.79. The Hall–Kier alpha value is -1.06. The van der Waals surface area contributed by atoms with Crippen molar-refractivity contribution in [2.75, 3.05) is 13.2 Å². The number of hydrogen-bond donors (Lipinski definition) is 0. The van der Waals surface area contributed by atoms with Crippen molar-refractivity contribution in [3.63, 3.8) is 0 Å². The quantitative estimate of drug-likeness (QED) is 0.659. The van der Waals surface area contributed by atoms with Gasteiger partial charge < -0.3 is 9.47 Å². The molecule has 0 aromatic carbocycles. The largest absolute Gasteiger partial charge is 0.466 e. The van der Waals surface area contributed by atoms with E-state index in [1.54, 1.807) is 0 Å². The van der Waals surface area contributed by atoms with Crippen LogP contribution in [-0.4, -0.2) is 25.2 Å². The van der Waals surface area contributed by atoms with Crippen LogP contribution in [0.3, 0.4) is 0 Å². The molecule has 0 fully saturated rings. The number of ether oxygens (including phenoxy) is 2. The first-order valence-electron chi connectivity index (χ1n) is 6.79. The van der Waals surface area contributed by atoms with Gasteiger partial charge in [0.1, 0.15) is 0 Å². The third-order valence-corrected chi connectivity index (χ3v) is 1.79. The maximum absolute atomic E-state index is 10.7. The van der Waals surface area contributed by atoms with Gasteiger partial charge in [0.2, 0.25) is 0 Å². The molecule has 0 radical (unpaired) electrons. The molecule has 0 aliphatic rings. The molecule has 0 saturated heterocycles. The maximum atomic E-state index is 10.7. The molecule has 4 heteroatoms. The van der Waals surface area contributed by atoms with Gasteiger partial charge in [0.05, 0.1) is 13.2 Å². The van der Waals surface area contributed by atoms with Gasteiger partial charge in [-0.2, -0.15) is 0 Å². The molecule has 0 unspecified atom stereocenters. The van der Waals surface area contributed by atoms with Crippen molar-refractivity contribution in [1.29, 1.82) is 0 Å². The molecule has 0 amide bonds. The minimum absolute atomic E-state index is 0.0730. The molecule has 0 spiro atoms. The molecule has 108 valence electrons. The zero-order valence-electron chi connectivity index (χ0n) is 12.5. The molecule has 0 heterocycles. The summed E-state index contributed by atoms with van der Waals surface area (Å²) in [6.45, 7) is 10.8. The van der Waals surface area contributed by atoms with Gasteiger partial charge in [0, 0.05) is 12.8 Å². The Morgan fingerprint density at radius 2 is 1.33 bits per heavy atom. The fraction of sp³-hybridized carbons (Fsp3) is 0.857. The Kier molecular flexibility index (Phi) is 15.0. The summed E-state index contributed by atoms with van der Waals surface area (Å²) in [4.78, 5) is 21.1. The van der Waals surface area contributed by atoms with Gasteiger partial charge in [0.25, 0.3) is 0 Å². The van der Waals surface area contributed by atoms with E-state index in [9.17, 15) is 9.59 Å². The average molecular weight is 260 g/mol. The molecule has 4 nitrogen and oxygen atoms in total. The zero-order valence-corrected chi connectivity index (χ0v) is 12.5. The smallest absolute Gasteiger partial charge is 0.305 e. The molecule has 0 aliphatic carbocycles. The Balaban J connectivity index is 0. The van der Waals surface area contributed by atoms with E-state index >= 15 is 0 Å². The highest BCUT2D eigenvalue weighted by Crippen LogP contribution is 1.96. The fourth-order valence-corrected chi connectivity index (χ4v) is 0.973. The van der Waals surface area contributed by atoms with Gasteiger partial charge in [-0.3, -0.25) is 9.59 Å². The summed E-state index contributed by atoms with van der Waals surface area (Å²) in [7, 11) is 0. The predicted molar refractivity (Wildman–Crippen MR) is 72.2 cm³/mol. The normalized spacial score (nSPS) is 9.44. The monoisotopic (exact) mass is 260 g/mol. The van der Waals surface area contributed by atoms with E-state index in [1.807, 2.05) is 34.6 Å². The summed E-state index contributed by atoms with van der Waals surface area (Å²) in [6.07, 6.45) is 2.84. The average Bonchev–Trinajstić information content (AvgIpc) is 2.28. The Morgan fingerprint density at radius 3 is 1.67 bits per heavy atom. The molecule has 0 rings (SSSR count). The fourth-order valence-electron chi connectivity index (χ4n) is 0.973. The number of esters is 2. The molecule has 18 heavy (non-hydrogen) atoms. The lowest BCUT2D eigenvalue weighted by Crippen LogP contribution is -2.08. The van der Waals surface area contributed by atoms with Crippen molar-refractivity contribution in [1.82, 2.24) is 0 Å². The predicted octanol–water partition coefficient (Wildman–Crippen LogP) is 3.34. The van der Waals surface area contributed by atoms with Gasteiger partial charge in [0.15, 0.2) is 0 Å². The molecule has 0 aromatic heterocycles. The minimum atomic E-state index is -0.0880. The molecule has 0 aliphatic heterocycles. The van der Waals surface area contributed by atoms with Crippen LogP contribution in [0, 0.1) is 5.92 Å². The first-order valence-corrected chi connectivity index (χ1v) is 6.79.